The van der Waals surface area contributed by atoms with Crippen molar-refractivity contribution in [2.24, 2.45) is 0 Å². The predicted octanol–water partition coefficient (Wildman–Crippen LogP) is 2.83. The summed E-state index contributed by atoms with van der Waals surface area (Å²) < 4.78 is 1.22. The number of urea groups is 1. The first kappa shape index (κ1) is 16.2. The van der Waals surface area contributed by atoms with Crippen molar-refractivity contribution in [3.63, 3.8) is 0 Å². The number of aryl methyl sites for hydroxylation is 1. The highest BCUT2D eigenvalue weighted by Gasteiger charge is 2.20. The van der Waals surface area contributed by atoms with Gasteiger partial charge in [0.05, 0.1) is 21.3 Å². The Hall–Kier alpha value is -1.66. The van der Waals surface area contributed by atoms with E-state index in [9.17, 15) is 9.90 Å². The maximum atomic E-state index is 11.8. The Kier molecular flexibility index (Phi) is 5.46. The minimum absolute atomic E-state index is 0.101. The summed E-state index contributed by atoms with van der Waals surface area (Å²) >= 11 is 1.72. The molecule has 0 aliphatic heterocycles. The predicted molar refractivity (Wildman–Crippen MR) is 92.7 cm³/mol. The summed E-state index contributed by atoms with van der Waals surface area (Å²) in [6.07, 6.45) is 4.86. The number of nitrogens with one attached hydrogen (secondary N) is 2. The Bertz CT molecular complexity index is 617. The standard InChI is InChI=1S/C17H23N3O2S/c21-13-9-7-12(8-10-13)19-17(22)18-11-3-6-16-20-14-4-1-2-5-15(14)23-16/h1-2,4-5,12-13,21H,3,6-11H2,(H2,18,19,22). The second-order valence-corrected chi connectivity index (χ2v) is 7.20. The summed E-state index contributed by atoms with van der Waals surface area (Å²) in [5.74, 6) is 0. The minimum atomic E-state index is -0.190. The van der Waals surface area contributed by atoms with Crippen LogP contribution in [0.15, 0.2) is 24.3 Å². The van der Waals surface area contributed by atoms with Crippen LogP contribution in [-0.2, 0) is 6.42 Å². The second-order valence-electron chi connectivity index (χ2n) is 6.08. The van der Waals surface area contributed by atoms with E-state index in [1.165, 1.54) is 4.70 Å². The molecule has 5 nitrogen and oxygen atoms in total. The van der Waals surface area contributed by atoms with Crippen LogP contribution in [0.4, 0.5) is 4.79 Å². The summed E-state index contributed by atoms with van der Waals surface area (Å²) in [6.45, 7) is 0.650. The molecule has 2 amide bonds. The maximum Gasteiger partial charge on any atom is 0.315 e. The van der Waals surface area contributed by atoms with Crippen LogP contribution in [0, 0.1) is 0 Å². The van der Waals surface area contributed by atoms with E-state index in [2.05, 4.69) is 21.7 Å². The molecule has 1 fully saturated rings. The van der Waals surface area contributed by atoms with E-state index in [1.807, 2.05) is 18.2 Å². The van der Waals surface area contributed by atoms with Gasteiger partial charge in [-0.1, -0.05) is 12.1 Å². The molecule has 1 aromatic carbocycles. The van der Waals surface area contributed by atoms with Gasteiger partial charge in [0.2, 0.25) is 0 Å². The van der Waals surface area contributed by atoms with Crippen molar-refractivity contribution in [2.75, 3.05) is 6.54 Å². The number of nitrogens with zero attached hydrogens (tertiary/aromatic N) is 1. The second kappa shape index (κ2) is 7.75. The van der Waals surface area contributed by atoms with Gasteiger partial charge in [0.25, 0.3) is 0 Å². The van der Waals surface area contributed by atoms with Gasteiger partial charge in [0, 0.05) is 19.0 Å². The molecular weight excluding hydrogens is 310 g/mol. The van der Waals surface area contributed by atoms with Gasteiger partial charge in [-0.3, -0.25) is 0 Å². The molecule has 1 aliphatic rings. The van der Waals surface area contributed by atoms with Gasteiger partial charge in [-0.15, -0.1) is 11.3 Å². The van der Waals surface area contributed by atoms with Gasteiger partial charge in [0.1, 0.15) is 0 Å². The lowest BCUT2D eigenvalue weighted by Crippen LogP contribution is -2.44. The number of fused-ring (bicyclic) bond motifs is 1. The Labute approximate surface area is 140 Å². The number of carbonyl (C=O) groups is 1. The van der Waals surface area contributed by atoms with Crippen molar-refractivity contribution in [3.05, 3.63) is 29.3 Å². The SMILES string of the molecule is O=C(NCCCc1nc2ccccc2s1)NC1CCC(O)CC1. The number of aromatic nitrogens is 1. The van der Waals surface area contributed by atoms with Gasteiger partial charge < -0.3 is 15.7 Å². The fourth-order valence-electron chi connectivity index (χ4n) is 2.92. The molecule has 1 saturated carbocycles. The van der Waals surface area contributed by atoms with Crippen LogP contribution in [0.1, 0.15) is 37.1 Å². The molecule has 1 aromatic heterocycles. The molecule has 0 unspecified atom stereocenters. The monoisotopic (exact) mass is 333 g/mol. The summed E-state index contributed by atoms with van der Waals surface area (Å²) in [5, 5.41) is 16.5. The highest BCUT2D eigenvalue weighted by molar-refractivity contribution is 7.18. The fourth-order valence-corrected chi connectivity index (χ4v) is 3.93. The number of aliphatic hydroxyl groups is 1. The highest BCUT2D eigenvalue weighted by atomic mass is 32.1. The lowest BCUT2D eigenvalue weighted by Gasteiger charge is -2.26. The summed E-state index contributed by atoms with van der Waals surface area (Å²) in [4.78, 5) is 16.4. The highest BCUT2D eigenvalue weighted by Crippen LogP contribution is 2.22. The van der Waals surface area contributed by atoms with E-state index in [-0.39, 0.29) is 18.2 Å². The maximum absolute atomic E-state index is 11.8. The van der Waals surface area contributed by atoms with Gasteiger partial charge >= 0.3 is 6.03 Å². The number of hydrogen-bond acceptors (Lipinski definition) is 4. The van der Waals surface area contributed by atoms with Gasteiger partial charge in [-0.2, -0.15) is 0 Å². The van der Waals surface area contributed by atoms with E-state index >= 15 is 0 Å². The Balaban J connectivity index is 1.35. The lowest BCUT2D eigenvalue weighted by atomic mass is 9.93. The fraction of sp³-hybridized carbons (Fsp3) is 0.529. The third-order valence-electron chi connectivity index (χ3n) is 4.22. The summed E-state index contributed by atoms with van der Waals surface area (Å²) in [7, 11) is 0. The van der Waals surface area contributed by atoms with Gasteiger partial charge in [-0.25, -0.2) is 9.78 Å². The molecule has 2 aromatic rings. The van der Waals surface area contributed by atoms with Crippen LogP contribution in [0.5, 0.6) is 0 Å². The van der Waals surface area contributed by atoms with E-state index in [1.54, 1.807) is 11.3 Å². The Morgan fingerprint density at radius 3 is 2.83 bits per heavy atom. The van der Waals surface area contributed by atoms with Gasteiger partial charge in [-0.05, 0) is 44.2 Å². The molecule has 124 valence electrons. The van der Waals surface area contributed by atoms with Crippen molar-refractivity contribution in [3.8, 4) is 0 Å². The number of hydrogen-bond donors (Lipinski definition) is 3. The third kappa shape index (κ3) is 4.65. The molecule has 1 aliphatic carbocycles. The molecule has 0 saturated heterocycles. The Morgan fingerprint density at radius 2 is 2.04 bits per heavy atom. The van der Waals surface area contributed by atoms with Crippen molar-refractivity contribution in [1.82, 2.24) is 15.6 Å². The topological polar surface area (TPSA) is 74.2 Å². The Morgan fingerprint density at radius 1 is 1.26 bits per heavy atom. The molecule has 3 rings (SSSR count). The zero-order valence-corrected chi connectivity index (χ0v) is 13.9. The third-order valence-corrected chi connectivity index (χ3v) is 5.32. The molecule has 0 atom stereocenters. The van der Waals surface area contributed by atoms with E-state index in [0.29, 0.717) is 6.54 Å². The number of rotatable bonds is 5. The average Bonchev–Trinajstić information content (AvgIpc) is 2.96. The van der Waals surface area contributed by atoms with Crippen molar-refractivity contribution < 1.29 is 9.90 Å². The molecular formula is C17H23N3O2S. The van der Waals surface area contributed by atoms with Crippen LogP contribution in [0.3, 0.4) is 0 Å². The molecule has 1 heterocycles. The smallest absolute Gasteiger partial charge is 0.315 e. The van der Waals surface area contributed by atoms with Crippen LogP contribution in [0.25, 0.3) is 10.2 Å². The van der Waals surface area contributed by atoms with Crippen LogP contribution < -0.4 is 10.6 Å². The zero-order valence-electron chi connectivity index (χ0n) is 13.1. The van der Waals surface area contributed by atoms with Crippen molar-refractivity contribution in [1.29, 1.82) is 0 Å². The number of carbonyl (C=O) groups excluding carboxylic acids is 1. The van der Waals surface area contributed by atoms with Crippen molar-refractivity contribution in [2.45, 2.75) is 50.7 Å². The summed E-state index contributed by atoms with van der Waals surface area (Å²) in [5.41, 5.74) is 1.05. The van der Waals surface area contributed by atoms with E-state index in [4.69, 9.17) is 0 Å². The number of amides is 2. The molecule has 0 bridgehead atoms. The van der Waals surface area contributed by atoms with Crippen LogP contribution in [0.2, 0.25) is 0 Å². The first-order valence-corrected chi connectivity index (χ1v) is 9.09. The molecule has 23 heavy (non-hydrogen) atoms. The average molecular weight is 333 g/mol. The first-order chi connectivity index (χ1) is 11.2. The summed E-state index contributed by atoms with van der Waals surface area (Å²) in [6, 6.07) is 8.24. The lowest BCUT2D eigenvalue weighted by molar-refractivity contribution is 0.117. The number of aliphatic hydroxyl groups excluding tert-OH is 1. The molecule has 0 radical (unpaired) electrons. The van der Waals surface area contributed by atoms with Crippen LogP contribution >= 0.6 is 11.3 Å². The van der Waals surface area contributed by atoms with Crippen LogP contribution in [-0.4, -0.2) is 34.8 Å². The number of para-hydroxylation sites is 1. The van der Waals surface area contributed by atoms with Gasteiger partial charge in [0.15, 0.2) is 0 Å². The molecule has 6 heteroatoms. The minimum Gasteiger partial charge on any atom is -0.393 e. The largest absolute Gasteiger partial charge is 0.393 e. The number of thiazole rings is 1. The van der Waals surface area contributed by atoms with Crippen molar-refractivity contribution >= 4 is 27.6 Å². The number of benzene rings is 1. The van der Waals surface area contributed by atoms with E-state index < -0.39 is 0 Å². The normalized spacial score (nSPS) is 21.3. The quantitative estimate of drug-likeness (QED) is 0.737. The molecule has 3 N–H and O–H groups in total. The first-order valence-electron chi connectivity index (χ1n) is 8.27. The van der Waals surface area contributed by atoms with E-state index in [0.717, 1.165) is 49.0 Å². The molecule has 0 spiro atoms. The zero-order chi connectivity index (χ0) is 16.1.